The van der Waals surface area contributed by atoms with Crippen LogP contribution in [0.4, 0.5) is 0 Å². The average molecular weight is 363 g/mol. The van der Waals surface area contributed by atoms with Gasteiger partial charge in [0.15, 0.2) is 0 Å². The van der Waals surface area contributed by atoms with Crippen LogP contribution < -0.4 is 5.32 Å². The largest absolute Gasteiger partial charge is 0.312 e. The van der Waals surface area contributed by atoms with Gasteiger partial charge in [-0.15, -0.1) is 23.1 Å². The Kier molecular flexibility index (Phi) is 5.57. The summed E-state index contributed by atoms with van der Waals surface area (Å²) >= 11 is 13.2. The second kappa shape index (κ2) is 6.96. The van der Waals surface area contributed by atoms with Gasteiger partial charge in [0.1, 0.15) is 0 Å². The molecule has 0 amide bonds. The summed E-state index contributed by atoms with van der Waals surface area (Å²) in [6, 6.07) is 10.6. The van der Waals surface area contributed by atoms with E-state index in [1.807, 2.05) is 30.3 Å². The molecular formula is C13H13BrClNS2. The number of halogens is 2. The zero-order chi connectivity index (χ0) is 13.0. The number of thioether (sulfide) groups is 1. The van der Waals surface area contributed by atoms with Crippen LogP contribution in [0.5, 0.6) is 0 Å². The van der Waals surface area contributed by atoms with E-state index in [2.05, 4.69) is 45.5 Å². The number of thiophene rings is 1. The molecule has 0 aliphatic heterocycles. The van der Waals surface area contributed by atoms with Crippen molar-refractivity contribution in [1.82, 2.24) is 5.32 Å². The minimum absolute atomic E-state index is 0.297. The summed E-state index contributed by atoms with van der Waals surface area (Å²) in [6.45, 7) is 0. The summed E-state index contributed by atoms with van der Waals surface area (Å²) in [7, 11) is 1.98. The van der Waals surface area contributed by atoms with Crippen molar-refractivity contribution in [3.05, 3.63) is 50.1 Å². The van der Waals surface area contributed by atoms with Crippen molar-refractivity contribution < 1.29 is 0 Å². The van der Waals surface area contributed by atoms with Gasteiger partial charge in [-0.2, -0.15) is 0 Å². The van der Waals surface area contributed by atoms with Gasteiger partial charge in [-0.3, -0.25) is 0 Å². The molecule has 2 aromatic rings. The van der Waals surface area contributed by atoms with E-state index in [-0.39, 0.29) is 0 Å². The minimum atomic E-state index is 0.297. The maximum atomic E-state index is 6.17. The molecule has 0 fully saturated rings. The van der Waals surface area contributed by atoms with E-state index in [1.165, 1.54) is 9.77 Å². The van der Waals surface area contributed by atoms with Crippen LogP contribution in [0.2, 0.25) is 5.02 Å². The molecule has 1 unspecified atom stereocenters. The lowest BCUT2D eigenvalue weighted by atomic mass is 10.3. The van der Waals surface area contributed by atoms with E-state index in [0.29, 0.717) is 6.04 Å². The summed E-state index contributed by atoms with van der Waals surface area (Å²) in [5.41, 5.74) is 0. The van der Waals surface area contributed by atoms with Crippen LogP contribution >= 0.6 is 50.6 Å². The van der Waals surface area contributed by atoms with E-state index in [9.17, 15) is 0 Å². The third kappa shape index (κ3) is 3.75. The van der Waals surface area contributed by atoms with Crippen molar-refractivity contribution in [3.8, 4) is 0 Å². The SMILES string of the molecule is CNC(CSc1ccc(Br)cc1)c1sccc1Cl. The standard InChI is InChI=1S/C13H13BrClNS2/c1-16-12(13-11(15)6-7-17-13)8-18-10-4-2-9(14)3-5-10/h2-7,12,16H,8H2,1H3. The molecule has 1 aromatic heterocycles. The van der Waals surface area contributed by atoms with Crippen molar-refractivity contribution in [2.45, 2.75) is 10.9 Å². The minimum Gasteiger partial charge on any atom is -0.312 e. The highest BCUT2D eigenvalue weighted by molar-refractivity contribution is 9.10. The number of hydrogen-bond acceptors (Lipinski definition) is 3. The number of benzene rings is 1. The molecule has 5 heteroatoms. The number of rotatable bonds is 5. The first-order valence-electron chi connectivity index (χ1n) is 5.49. The first kappa shape index (κ1) is 14.4. The zero-order valence-electron chi connectivity index (χ0n) is 9.82. The summed E-state index contributed by atoms with van der Waals surface area (Å²) in [4.78, 5) is 2.48. The maximum Gasteiger partial charge on any atom is 0.0561 e. The van der Waals surface area contributed by atoms with Gasteiger partial charge < -0.3 is 5.32 Å². The lowest BCUT2D eigenvalue weighted by Gasteiger charge is -2.14. The van der Waals surface area contributed by atoms with Gasteiger partial charge >= 0.3 is 0 Å². The predicted octanol–water partition coefficient (Wildman–Crippen LogP) is 5.22. The quantitative estimate of drug-likeness (QED) is 0.732. The molecule has 96 valence electrons. The van der Waals surface area contributed by atoms with Gasteiger partial charge in [-0.25, -0.2) is 0 Å². The fourth-order valence-electron chi connectivity index (χ4n) is 1.55. The van der Waals surface area contributed by atoms with E-state index in [1.54, 1.807) is 11.3 Å². The van der Waals surface area contributed by atoms with Gasteiger partial charge in [-0.1, -0.05) is 27.5 Å². The summed E-state index contributed by atoms with van der Waals surface area (Å²) in [5, 5.41) is 6.21. The normalized spacial score (nSPS) is 12.6. The Labute approximate surface area is 129 Å². The molecule has 0 saturated heterocycles. The molecule has 0 aliphatic rings. The molecule has 1 heterocycles. The third-order valence-electron chi connectivity index (χ3n) is 2.54. The van der Waals surface area contributed by atoms with Crippen molar-refractivity contribution in [1.29, 1.82) is 0 Å². The fraction of sp³-hybridized carbons (Fsp3) is 0.231. The Bertz CT molecular complexity index is 498. The van der Waals surface area contributed by atoms with Gasteiger partial charge in [0, 0.05) is 20.0 Å². The van der Waals surface area contributed by atoms with Gasteiger partial charge in [0.25, 0.3) is 0 Å². The van der Waals surface area contributed by atoms with Crippen molar-refractivity contribution in [2.24, 2.45) is 0 Å². The Balaban J connectivity index is 2.00. The van der Waals surface area contributed by atoms with Gasteiger partial charge in [0.05, 0.1) is 11.1 Å². The van der Waals surface area contributed by atoms with Crippen LogP contribution in [0.3, 0.4) is 0 Å². The Morgan fingerprint density at radius 2 is 2.06 bits per heavy atom. The van der Waals surface area contributed by atoms with Crippen molar-refractivity contribution >= 4 is 50.6 Å². The van der Waals surface area contributed by atoms with Gasteiger partial charge in [0.2, 0.25) is 0 Å². The lowest BCUT2D eigenvalue weighted by molar-refractivity contribution is 0.674. The lowest BCUT2D eigenvalue weighted by Crippen LogP contribution is -2.17. The Morgan fingerprint density at radius 3 is 2.61 bits per heavy atom. The number of hydrogen-bond donors (Lipinski definition) is 1. The molecule has 1 N–H and O–H groups in total. The van der Waals surface area contributed by atoms with Crippen LogP contribution in [-0.4, -0.2) is 12.8 Å². The van der Waals surface area contributed by atoms with Crippen LogP contribution in [0.15, 0.2) is 45.1 Å². The first-order valence-corrected chi connectivity index (χ1v) is 8.53. The highest BCUT2D eigenvalue weighted by Crippen LogP contribution is 2.32. The molecule has 0 aliphatic carbocycles. The molecule has 18 heavy (non-hydrogen) atoms. The van der Waals surface area contributed by atoms with E-state index in [4.69, 9.17) is 11.6 Å². The Morgan fingerprint density at radius 1 is 1.33 bits per heavy atom. The zero-order valence-corrected chi connectivity index (χ0v) is 13.8. The molecular weight excluding hydrogens is 350 g/mol. The van der Waals surface area contributed by atoms with Gasteiger partial charge in [-0.05, 0) is 42.8 Å². The molecule has 0 spiro atoms. The monoisotopic (exact) mass is 361 g/mol. The van der Waals surface area contributed by atoms with E-state index in [0.717, 1.165) is 15.2 Å². The first-order chi connectivity index (χ1) is 8.70. The molecule has 2 rings (SSSR count). The topological polar surface area (TPSA) is 12.0 Å². The van der Waals surface area contributed by atoms with Crippen molar-refractivity contribution in [2.75, 3.05) is 12.8 Å². The van der Waals surface area contributed by atoms with Crippen LogP contribution in [-0.2, 0) is 0 Å². The van der Waals surface area contributed by atoms with Crippen LogP contribution in [0.1, 0.15) is 10.9 Å². The molecule has 0 radical (unpaired) electrons. The molecule has 1 atom stereocenters. The smallest absolute Gasteiger partial charge is 0.0561 e. The molecule has 1 aromatic carbocycles. The van der Waals surface area contributed by atoms with E-state index < -0.39 is 0 Å². The fourth-order valence-corrected chi connectivity index (χ4v) is 4.25. The maximum absolute atomic E-state index is 6.17. The highest BCUT2D eigenvalue weighted by Gasteiger charge is 2.14. The van der Waals surface area contributed by atoms with Crippen molar-refractivity contribution in [3.63, 3.8) is 0 Å². The molecule has 1 nitrogen and oxygen atoms in total. The summed E-state index contributed by atoms with van der Waals surface area (Å²) in [6.07, 6.45) is 0. The average Bonchev–Trinajstić information content (AvgIpc) is 2.79. The summed E-state index contributed by atoms with van der Waals surface area (Å²) < 4.78 is 1.11. The third-order valence-corrected chi connectivity index (χ3v) is 5.65. The highest BCUT2D eigenvalue weighted by atomic mass is 79.9. The predicted molar refractivity (Wildman–Crippen MR) is 86.0 cm³/mol. The molecule has 0 saturated carbocycles. The second-order valence-electron chi connectivity index (χ2n) is 3.74. The number of nitrogens with one attached hydrogen (secondary N) is 1. The Hall–Kier alpha value is -0.0000000000000000555. The second-order valence-corrected chi connectivity index (χ2v) is 7.10. The van der Waals surface area contributed by atoms with Crippen LogP contribution in [0, 0.1) is 0 Å². The summed E-state index contributed by atoms with van der Waals surface area (Å²) in [5.74, 6) is 0.971. The van der Waals surface area contributed by atoms with Crippen LogP contribution in [0.25, 0.3) is 0 Å². The van der Waals surface area contributed by atoms with E-state index >= 15 is 0 Å². The molecule has 0 bridgehead atoms.